The maximum Gasteiger partial charge on any atom is 0.332 e. The summed E-state index contributed by atoms with van der Waals surface area (Å²) in [5.74, 6) is -0.376. The van der Waals surface area contributed by atoms with Gasteiger partial charge in [0.05, 0.1) is 6.61 Å². The average molecular weight is 192 g/mol. The molecule has 2 nitrogen and oxygen atoms in total. The molecule has 0 amide bonds. The summed E-state index contributed by atoms with van der Waals surface area (Å²) >= 11 is 7.61. The molecule has 0 heterocycles. The number of hydrogen-bond donors (Lipinski definition) is 2. The molecule has 0 aliphatic rings. The minimum atomic E-state index is -0.376. The van der Waals surface area contributed by atoms with Gasteiger partial charge < -0.3 is 4.74 Å². The van der Waals surface area contributed by atoms with Gasteiger partial charge in [-0.2, -0.15) is 0 Å². The van der Waals surface area contributed by atoms with Gasteiger partial charge in [-0.1, -0.05) is 13.3 Å². The molecular formula is C7H12O2S2. The Bertz CT molecular complexity index is 151. The normalized spacial score (nSPS) is 9.00. The summed E-state index contributed by atoms with van der Waals surface area (Å²) in [5.41, 5.74) is 0. The standard InChI is InChI=1S/C7H12O2S2/c1-2-3-4-9-6(8)5-7(10)11/h5,10-11H,2-4H2,1H3. The van der Waals surface area contributed by atoms with Gasteiger partial charge in [-0.15, -0.1) is 25.3 Å². The molecule has 0 N–H and O–H groups in total. The summed E-state index contributed by atoms with van der Waals surface area (Å²) in [7, 11) is 0. The van der Waals surface area contributed by atoms with Crippen LogP contribution in [0.25, 0.3) is 0 Å². The van der Waals surface area contributed by atoms with Crippen LogP contribution in [0.5, 0.6) is 0 Å². The van der Waals surface area contributed by atoms with E-state index >= 15 is 0 Å². The van der Waals surface area contributed by atoms with Gasteiger partial charge >= 0.3 is 5.97 Å². The Labute approximate surface area is 77.8 Å². The first-order valence-electron chi connectivity index (χ1n) is 3.43. The number of rotatable bonds is 4. The summed E-state index contributed by atoms with van der Waals surface area (Å²) in [6.07, 6.45) is 3.15. The zero-order valence-electron chi connectivity index (χ0n) is 6.41. The first kappa shape index (κ1) is 10.9. The first-order valence-corrected chi connectivity index (χ1v) is 4.32. The summed E-state index contributed by atoms with van der Waals surface area (Å²) in [4.78, 5) is 10.7. The molecule has 0 atom stereocenters. The molecule has 0 aromatic heterocycles. The highest BCUT2D eigenvalue weighted by atomic mass is 32.2. The first-order chi connectivity index (χ1) is 5.16. The van der Waals surface area contributed by atoms with Crippen LogP contribution in [0, 0.1) is 0 Å². The van der Waals surface area contributed by atoms with E-state index in [1.54, 1.807) is 0 Å². The average Bonchev–Trinajstić information content (AvgIpc) is 1.86. The van der Waals surface area contributed by atoms with Crippen LogP contribution >= 0.6 is 25.3 Å². The molecule has 0 aromatic carbocycles. The van der Waals surface area contributed by atoms with Gasteiger partial charge in [-0.3, -0.25) is 0 Å². The van der Waals surface area contributed by atoms with Crippen molar-refractivity contribution in [3.63, 3.8) is 0 Å². The largest absolute Gasteiger partial charge is 0.462 e. The zero-order valence-corrected chi connectivity index (χ0v) is 8.20. The van der Waals surface area contributed by atoms with Gasteiger partial charge in [0.1, 0.15) is 0 Å². The van der Waals surface area contributed by atoms with Crippen molar-refractivity contribution in [2.75, 3.05) is 6.61 Å². The van der Waals surface area contributed by atoms with Gasteiger partial charge in [0.25, 0.3) is 0 Å². The van der Waals surface area contributed by atoms with E-state index in [0.29, 0.717) is 10.8 Å². The Balaban J connectivity index is 3.46. The van der Waals surface area contributed by atoms with E-state index in [1.807, 2.05) is 6.92 Å². The molecule has 0 aromatic rings. The molecule has 0 rings (SSSR count). The monoisotopic (exact) mass is 192 g/mol. The topological polar surface area (TPSA) is 26.3 Å². The van der Waals surface area contributed by atoms with Gasteiger partial charge in [0.2, 0.25) is 0 Å². The lowest BCUT2D eigenvalue weighted by Gasteiger charge is -1.98. The number of esters is 1. The Morgan fingerprint density at radius 3 is 2.64 bits per heavy atom. The fourth-order valence-corrected chi connectivity index (χ4v) is 0.675. The molecular weight excluding hydrogens is 180 g/mol. The molecule has 11 heavy (non-hydrogen) atoms. The predicted octanol–water partition coefficient (Wildman–Crippen LogP) is 2.03. The number of unbranched alkanes of at least 4 members (excludes halogenated alkanes) is 1. The molecule has 0 unspecified atom stereocenters. The third-order valence-corrected chi connectivity index (χ3v) is 1.25. The van der Waals surface area contributed by atoms with Crippen LogP contribution in [0.2, 0.25) is 0 Å². The van der Waals surface area contributed by atoms with Crippen LogP contribution in [0.3, 0.4) is 0 Å². The van der Waals surface area contributed by atoms with E-state index in [1.165, 1.54) is 6.08 Å². The second kappa shape index (κ2) is 6.61. The third-order valence-electron chi connectivity index (χ3n) is 0.989. The number of hydrogen-bond acceptors (Lipinski definition) is 4. The van der Waals surface area contributed by atoms with E-state index in [2.05, 4.69) is 25.3 Å². The zero-order chi connectivity index (χ0) is 8.69. The third kappa shape index (κ3) is 7.81. The predicted molar refractivity (Wildman–Crippen MR) is 51.9 cm³/mol. The van der Waals surface area contributed by atoms with Crippen molar-refractivity contribution in [3.8, 4) is 0 Å². The number of carbonyl (C=O) groups is 1. The lowest BCUT2D eigenvalue weighted by atomic mass is 10.4. The quantitative estimate of drug-likeness (QED) is 0.308. The number of carbonyl (C=O) groups excluding carboxylic acids is 1. The van der Waals surface area contributed by atoms with E-state index in [0.717, 1.165) is 12.8 Å². The van der Waals surface area contributed by atoms with Crippen molar-refractivity contribution >= 4 is 31.2 Å². The smallest absolute Gasteiger partial charge is 0.332 e. The molecule has 0 saturated heterocycles. The Hall–Kier alpha value is -0.0900. The maximum atomic E-state index is 10.7. The van der Waals surface area contributed by atoms with E-state index in [9.17, 15) is 4.79 Å². The van der Waals surface area contributed by atoms with Crippen molar-refractivity contribution in [2.24, 2.45) is 0 Å². The molecule has 0 radical (unpaired) electrons. The lowest BCUT2D eigenvalue weighted by molar-refractivity contribution is -0.137. The van der Waals surface area contributed by atoms with Crippen molar-refractivity contribution in [3.05, 3.63) is 10.3 Å². The van der Waals surface area contributed by atoms with Gasteiger partial charge in [0.15, 0.2) is 0 Å². The van der Waals surface area contributed by atoms with Crippen LogP contribution in [0.4, 0.5) is 0 Å². The number of thiol groups is 2. The molecule has 0 spiro atoms. The summed E-state index contributed by atoms with van der Waals surface area (Å²) in [6, 6.07) is 0. The molecule has 64 valence electrons. The van der Waals surface area contributed by atoms with Gasteiger partial charge in [-0.25, -0.2) is 4.79 Å². The Kier molecular flexibility index (Phi) is 6.56. The molecule has 0 aliphatic heterocycles. The summed E-state index contributed by atoms with van der Waals surface area (Å²) < 4.78 is 5.15. The van der Waals surface area contributed by atoms with Crippen molar-refractivity contribution in [1.29, 1.82) is 0 Å². The SMILES string of the molecule is CCCCOC(=O)C=C(S)S. The molecule has 4 heteroatoms. The lowest BCUT2D eigenvalue weighted by Crippen LogP contribution is -2.01. The van der Waals surface area contributed by atoms with E-state index in [-0.39, 0.29) is 5.97 Å². The summed E-state index contributed by atoms with van der Waals surface area (Å²) in [6.45, 7) is 2.51. The van der Waals surface area contributed by atoms with Crippen LogP contribution in [-0.4, -0.2) is 12.6 Å². The van der Waals surface area contributed by atoms with Gasteiger partial charge in [-0.05, 0) is 6.42 Å². The summed E-state index contributed by atoms with van der Waals surface area (Å²) in [5, 5.41) is 0. The van der Waals surface area contributed by atoms with Gasteiger partial charge in [0, 0.05) is 10.3 Å². The van der Waals surface area contributed by atoms with Crippen LogP contribution in [0.1, 0.15) is 19.8 Å². The second-order valence-corrected chi connectivity index (χ2v) is 3.34. The second-order valence-electron chi connectivity index (χ2n) is 2.02. The minimum Gasteiger partial charge on any atom is -0.462 e. The highest BCUT2D eigenvalue weighted by Crippen LogP contribution is 2.04. The van der Waals surface area contributed by atoms with E-state index in [4.69, 9.17) is 4.74 Å². The Morgan fingerprint density at radius 1 is 1.55 bits per heavy atom. The fourth-order valence-electron chi connectivity index (χ4n) is 0.464. The highest BCUT2D eigenvalue weighted by Gasteiger charge is 1.96. The highest BCUT2D eigenvalue weighted by molar-refractivity contribution is 8.05. The Morgan fingerprint density at radius 2 is 2.18 bits per heavy atom. The van der Waals surface area contributed by atoms with Crippen LogP contribution < -0.4 is 0 Å². The van der Waals surface area contributed by atoms with Crippen LogP contribution in [-0.2, 0) is 9.53 Å². The van der Waals surface area contributed by atoms with Crippen LogP contribution in [0.15, 0.2) is 10.3 Å². The fraction of sp³-hybridized carbons (Fsp3) is 0.571. The minimum absolute atomic E-state index is 0.367. The molecule has 0 fully saturated rings. The number of ether oxygens (including phenoxy) is 1. The van der Waals surface area contributed by atoms with Crippen molar-refractivity contribution in [2.45, 2.75) is 19.8 Å². The molecule has 0 saturated carbocycles. The molecule has 0 bridgehead atoms. The molecule has 0 aliphatic carbocycles. The van der Waals surface area contributed by atoms with E-state index < -0.39 is 0 Å². The van der Waals surface area contributed by atoms with Crippen molar-refractivity contribution < 1.29 is 9.53 Å². The van der Waals surface area contributed by atoms with Crippen molar-refractivity contribution in [1.82, 2.24) is 0 Å². The maximum absolute atomic E-state index is 10.7.